The van der Waals surface area contributed by atoms with Gasteiger partial charge in [-0.05, 0) is 98.8 Å². The van der Waals surface area contributed by atoms with Gasteiger partial charge < -0.3 is 24.5 Å². The van der Waals surface area contributed by atoms with Gasteiger partial charge >= 0.3 is 0 Å². The van der Waals surface area contributed by atoms with Gasteiger partial charge in [-0.15, -0.1) is 0 Å². The number of fused-ring (bicyclic) bond motifs is 2. The van der Waals surface area contributed by atoms with Gasteiger partial charge in [0.25, 0.3) is 11.8 Å². The topological polar surface area (TPSA) is 190 Å². The van der Waals surface area contributed by atoms with Crippen molar-refractivity contribution in [2.24, 2.45) is 0 Å². The number of benzene rings is 5. The fourth-order valence-electron chi connectivity index (χ4n) is 6.42. The van der Waals surface area contributed by atoms with E-state index in [4.69, 9.17) is 4.74 Å². The van der Waals surface area contributed by atoms with E-state index in [1.54, 1.807) is 48.5 Å². The van der Waals surface area contributed by atoms with Gasteiger partial charge in [0.05, 0.1) is 9.79 Å². The molecule has 0 saturated carbocycles. The Morgan fingerprint density at radius 2 is 1.02 bits per heavy atom. The number of carbonyl (C=O) groups is 2. The first-order chi connectivity index (χ1) is 30.5. The molecule has 15 heteroatoms. The maximum Gasteiger partial charge on any atom is 0.262 e. The van der Waals surface area contributed by atoms with Crippen molar-refractivity contribution in [2.75, 3.05) is 17.2 Å². The summed E-state index contributed by atoms with van der Waals surface area (Å²) in [4.78, 5) is 25.1. The van der Waals surface area contributed by atoms with E-state index in [0.29, 0.717) is 11.3 Å². The molecule has 0 atom stereocenters. The number of carbonyl (C=O) groups excluding carboxylic acids is 2. The van der Waals surface area contributed by atoms with E-state index in [-0.39, 0.29) is 28.2 Å². The van der Waals surface area contributed by atoms with Crippen LogP contribution in [0, 0.1) is 13.8 Å². The Hall–Kier alpha value is -6.52. The largest absolute Gasteiger partial charge is 0.744 e. The van der Waals surface area contributed by atoms with Crippen molar-refractivity contribution in [1.82, 2.24) is 0 Å². The first-order valence-electron chi connectivity index (χ1n) is 20.8. The maximum absolute atomic E-state index is 12.9. The predicted molar refractivity (Wildman–Crippen MR) is 245 cm³/mol. The van der Waals surface area contributed by atoms with Crippen LogP contribution >= 0.6 is 0 Å². The Bertz CT molecular complexity index is 2830. The molecule has 13 nitrogen and oxygen atoms in total. The van der Waals surface area contributed by atoms with Crippen LogP contribution in [0.4, 0.5) is 11.4 Å². The summed E-state index contributed by atoms with van der Waals surface area (Å²) in [7, 11) is -8.54. The fraction of sp³-hybridized carbons (Fsp3) is 0.224. The molecule has 0 radical (unpaired) electrons. The van der Waals surface area contributed by atoms with Crippen molar-refractivity contribution in [3.8, 4) is 5.75 Å². The minimum Gasteiger partial charge on any atom is -0.744 e. The summed E-state index contributed by atoms with van der Waals surface area (Å²) >= 11 is 0. The first-order valence-corrected chi connectivity index (χ1v) is 23.6. The number of ether oxygens (including phenoxy) is 1. The van der Waals surface area contributed by atoms with Crippen LogP contribution in [-0.2, 0) is 38.1 Å². The Balaban J connectivity index is 0.000000284. The zero-order valence-corrected chi connectivity index (χ0v) is 37.8. The number of nitrogens with one attached hydrogen (secondary N) is 2. The lowest BCUT2D eigenvalue weighted by Gasteiger charge is -2.10. The molecule has 0 aliphatic heterocycles. The van der Waals surface area contributed by atoms with Gasteiger partial charge in [-0.3, -0.25) is 9.59 Å². The van der Waals surface area contributed by atoms with E-state index < -0.39 is 20.2 Å². The Labute approximate surface area is 374 Å². The number of rotatable bonds is 14. The number of aromatic nitrogens is 2. The highest BCUT2D eigenvalue weighted by molar-refractivity contribution is 7.86. The van der Waals surface area contributed by atoms with Crippen molar-refractivity contribution in [3.63, 3.8) is 0 Å². The minimum atomic E-state index is -4.27. The van der Waals surface area contributed by atoms with Gasteiger partial charge in [0.15, 0.2) is 19.0 Å². The average Bonchev–Trinajstić information content (AvgIpc) is 3.27. The molecule has 0 unspecified atom stereocenters. The number of unbranched alkanes of at least 4 members (excludes halogenated alkanes) is 2. The van der Waals surface area contributed by atoms with Gasteiger partial charge in [-0.2, -0.15) is 9.13 Å². The zero-order valence-electron chi connectivity index (χ0n) is 36.2. The van der Waals surface area contributed by atoms with Gasteiger partial charge in [0.2, 0.25) is 11.0 Å². The zero-order chi connectivity index (χ0) is 46.3. The van der Waals surface area contributed by atoms with Crippen LogP contribution in [0.3, 0.4) is 0 Å². The van der Waals surface area contributed by atoms with Crippen molar-refractivity contribution < 1.29 is 49.4 Å². The lowest BCUT2D eigenvalue weighted by molar-refractivity contribution is -0.672. The Morgan fingerprint density at radius 1 is 0.578 bits per heavy atom. The third-order valence-corrected chi connectivity index (χ3v) is 11.6. The summed E-state index contributed by atoms with van der Waals surface area (Å²) in [5, 5.41) is 8.04. The summed E-state index contributed by atoms with van der Waals surface area (Å²) in [6.45, 7) is 9.81. The average molecular weight is 905 g/mol. The van der Waals surface area contributed by atoms with E-state index in [0.717, 1.165) is 83.1 Å². The second-order valence-electron chi connectivity index (χ2n) is 15.0. The molecule has 7 aromatic rings. The molecule has 0 bridgehead atoms. The minimum absolute atomic E-state index is 0.135. The third-order valence-electron chi connectivity index (χ3n) is 9.91. The highest BCUT2D eigenvalue weighted by Crippen LogP contribution is 2.20. The molecule has 0 spiro atoms. The van der Waals surface area contributed by atoms with Crippen LogP contribution in [0.25, 0.3) is 21.8 Å². The number of pyridine rings is 2. The van der Waals surface area contributed by atoms with Crippen molar-refractivity contribution in [2.45, 2.75) is 76.3 Å². The van der Waals surface area contributed by atoms with Gasteiger partial charge in [0.1, 0.15) is 39.1 Å². The number of anilines is 2. The monoisotopic (exact) mass is 904 g/mol. The maximum atomic E-state index is 12.9. The number of aryl methyl sites for hydroxylation is 4. The second kappa shape index (κ2) is 22.7. The molecule has 2 N–H and O–H groups in total. The third kappa shape index (κ3) is 14.5. The fourth-order valence-corrected chi connectivity index (χ4v) is 7.36. The van der Waals surface area contributed by atoms with E-state index in [2.05, 4.69) is 52.1 Å². The van der Waals surface area contributed by atoms with Gasteiger partial charge in [-0.25, -0.2) is 16.8 Å². The molecule has 0 fully saturated rings. The molecular formula is C49H52N4O9S2. The van der Waals surface area contributed by atoms with E-state index >= 15 is 0 Å². The molecule has 5 aromatic carbocycles. The van der Waals surface area contributed by atoms with Crippen LogP contribution in [0.15, 0.2) is 156 Å². The smallest absolute Gasteiger partial charge is 0.262 e. The Morgan fingerprint density at radius 3 is 1.44 bits per heavy atom. The van der Waals surface area contributed by atoms with Crippen LogP contribution in [0.5, 0.6) is 5.75 Å². The van der Waals surface area contributed by atoms with E-state index in [9.17, 15) is 35.5 Å². The SMILES string of the molecule is CCCC[n+]1cccc2cc(NC(=O)COc3ccc(C(=O)Nc4ccc5c(ccc[n+]5CCCC)c4)cc3)ccc21.Cc1ccc(S(=O)(=O)[O-])cc1.Cc1ccc(S(=O)(=O)[O-])cc1. The number of amides is 2. The molecule has 64 heavy (non-hydrogen) atoms. The second-order valence-corrected chi connectivity index (χ2v) is 17.8. The van der Waals surface area contributed by atoms with Crippen LogP contribution in [0.2, 0.25) is 0 Å². The Kier molecular flexibility index (Phi) is 17.2. The van der Waals surface area contributed by atoms with Crippen molar-refractivity contribution in [3.05, 3.63) is 163 Å². The molecule has 0 aliphatic rings. The van der Waals surface area contributed by atoms with Crippen LogP contribution < -0.4 is 24.5 Å². The number of hydrogen-bond acceptors (Lipinski definition) is 9. The summed E-state index contributed by atoms with van der Waals surface area (Å²) in [6, 6.07) is 38.4. The molecule has 0 aliphatic carbocycles. The van der Waals surface area contributed by atoms with Crippen molar-refractivity contribution >= 4 is 65.2 Å². The number of nitrogens with zero attached hydrogens (tertiary/aromatic N) is 2. The van der Waals surface area contributed by atoms with Crippen LogP contribution in [-0.4, -0.2) is 44.4 Å². The van der Waals surface area contributed by atoms with Gasteiger partial charge in [-0.1, -0.05) is 62.1 Å². The molecular weight excluding hydrogens is 853 g/mol. The molecule has 2 amide bonds. The molecule has 7 rings (SSSR count). The van der Waals surface area contributed by atoms with E-state index in [1.165, 1.54) is 24.3 Å². The first kappa shape index (κ1) is 48.5. The lowest BCUT2D eigenvalue weighted by Crippen LogP contribution is -2.33. The molecule has 2 heterocycles. The van der Waals surface area contributed by atoms with Crippen molar-refractivity contribution in [1.29, 1.82) is 0 Å². The predicted octanol–water partition coefficient (Wildman–Crippen LogP) is 8.24. The molecule has 2 aromatic heterocycles. The quantitative estimate of drug-likeness (QED) is 0.0800. The number of hydrogen-bond donors (Lipinski definition) is 2. The molecule has 334 valence electrons. The summed E-state index contributed by atoms with van der Waals surface area (Å²) in [5.41, 5.74) is 6.11. The highest BCUT2D eigenvalue weighted by atomic mass is 32.2. The highest BCUT2D eigenvalue weighted by Gasteiger charge is 2.13. The van der Waals surface area contributed by atoms with Crippen LogP contribution in [0.1, 0.15) is 61.0 Å². The normalized spacial score (nSPS) is 11.2. The summed E-state index contributed by atoms with van der Waals surface area (Å²) < 4.78 is 72.5. The molecule has 0 saturated heterocycles. The lowest BCUT2D eigenvalue weighted by atomic mass is 10.1. The van der Waals surface area contributed by atoms with E-state index in [1.807, 2.05) is 68.4 Å². The summed E-state index contributed by atoms with van der Waals surface area (Å²) in [6.07, 6.45) is 8.70. The van der Waals surface area contributed by atoms with Gasteiger partial charge in [0, 0.05) is 64.8 Å². The summed E-state index contributed by atoms with van der Waals surface area (Å²) in [5.74, 6) is 0.0542. The standard InChI is InChI=1S/C35H36N4O3.2C7H8O3S/c1-3-5-19-38-21-7-9-27-23-29(13-17-32(27)38)36-34(40)25-42-31-15-11-26(12-16-31)35(41)37-30-14-18-33-28(24-30)10-8-22-39(33)20-6-4-2;2*1-6-2-4-7(5-3-6)11(8,9)10/h7-18,21-24H,3-6,19-20,25H2,1-2H3;2*2-5H,1H3,(H,8,9,10).